The van der Waals surface area contributed by atoms with Crippen LogP contribution in [0.25, 0.3) is 11.1 Å². The number of benzene rings is 2. The maximum atomic E-state index is 11.2. The van der Waals surface area contributed by atoms with Gasteiger partial charge in [-0.05, 0) is 34.4 Å². The molecule has 5 heteroatoms. The summed E-state index contributed by atoms with van der Waals surface area (Å²) >= 11 is 6.10. The predicted molar refractivity (Wildman–Crippen MR) is 69.5 cm³/mol. The van der Waals surface area contributed by atoms with Crippen LogP contribution in [0.5, 0.6) is 0 Å². The number of hydrogen-bond acceptors (Lipinski definition) is 2. The summed E-state index contributed by atoms with van der Waals surface area (Å²) in [6.45, 7) is 0. The Bertz CT molecular complexity index is 751. The van der Waals surface area contributed by atoms with Crippen LogP contribution in [-0.4, -0.2) is 13.0 Å². The molecule has 2 aromatic rings. The van der Waals surface area contributed by atoms with E-state index >= 15 is 0 Å². The molecule has 0 fully saturated rings. The molecular formula is C13H9ClO3S. The van der Waals surface area contributed by atoms with Crippen molar-refractivity contribution in [2.75, 3.05) is 0 Å². The molecule has 0 unspecified atom stereocenters. The van der Waals surface area contributed by atoms with Gasteiger partial charge in [0.1, 0.15) is 0 Å². The normalized spacial score (nSPS) is 13.2. The van der Waals surface area contributed by atoms with Crippen LogP contribution < -0.4 is 0 Å². The fraction of sp³-hybridized carbons (Fsp3) is 0.0769. The zero-order chi connectivity index (χ0) is 12.9. The Morgan fingerprint density at radius 2 is 1.83 bits per heavy atom. The van der Waals surface area contributed by atoms with Crippen molar-refractivity contribution in [3.63, 3.8) is 0 Å². The van der Waals surface area contributed by atoms with Crippen molar-refractivity contribution in [1.29, 1.82) is 0 Å². The van der Waals surface area contributed by atoms with E-state index in [1.165, 1.54) is 12.1 Å². The van der Waals surface area contributed by atoms with E-state index in [4.69, 9.17) is 16.2 Å². The first kappa shape index (κ1) is 11.7. The minimum atomic E-state index is -4.23. The van der Waals surface area contributed by atoms with Crippen LogP contribution >= 0.6 is 11.6 Å². The molecule has 0 saturated carbocycles. The van der Waals surface area contributed by atoms with E-state index in [1.807, 2.05) is 24.3 Å². The zero-order valence-electron chi connectivity index (χ0n) is 9.22. The summed E-state index contributed by atoms with van der Waals surface area (Å²) < 4.78 is 31.5. The quantitative estimate of drug-likeness (QED) is 0.697. The van der Waals surface area contributed by atoms with Crippen LogP contribution in [0.3, 0.4) is 0 Å². The Labute approximate surface area is 110 Å². The van der Waals surface area contributed by atoms with Gasteiger partial charge in [0.25, 0.3) is 10.1 Å². The molecule has 18 heavy (non-hydrogen) atoms. The molecule has 1 aliphatic carbocycles. The SMILES string of the molecule is O=S(=O)(O)c1cc(Cl)c2c(c1)-c1ccccc1C2. The molecular weight excluding hydrogens is 272 g/mol. The van der Waals surface area contributed by atoms with Crippen molar-refractivity contribution in [2.45, 2.75) is 11.3 Å². The average Bonchev–Trinajstić information content (AvgIpc) is 2.67. The first-order valence-corrected chi connectivity index (χ1v) is 7.17. The van der Waals surface area contributed by atoms with Gasteiger partial charge in [-0.1, -0.05) is 35.9 Å². The van der Waals surface area contributed by atoms with Crippen LogP contribution in [-0.2, 0) is 16.5 Å². The Kier molecular flexibility index (Phi) is 2.48. The fourth-order valence-electron chi connectivity index (χ4n) is 2.31. The van der Waals surface area contributed by atoms with Crippen LogP contribution in [0, 0.1) is 0 Å². The second-order valence-corrected chi connectivity index (χ2v) is 6.07. The van der Waals surface area contributed by atoms with Gasteiger partial charge in [0.2, 0.25) is 0 Å². The van der Waals surface area contributed by atoms with Crippen molar-refractivity contribution < 1.29 is 13.0 Å². The topological polar surface area (TPSA) is 54.4 Å². The van der Waals surface area contributed by atoms with Gasteiger partial charge in [-0.3, -0.25) is 4.55 Å². The number of hydrogen-bond donors (Lipinski definition) is 1. The number of halogens is 1. The first-order chi connectivity index (χ1) is 8.47. The summed E-state index contributed by atoms with van der Waals surface area (Å²) in [5.41, 5.74) is 3.78. The maximum absolute atomic E-state index is 11.2. The molecule has 0 aliphatic heterocycles. The van der Waals surface area contributed by atoms with Crippen molar-refractivity contribution >= 4 is 21.7 Å². The Hall–Kier alpha value is -1.36. The second-order valence-electron chi connectivity index (χ2n) is 4.24. The predicted octanol–water partition coefficient (Wildman–Crippen LogP) is 3.16. The van der Waals surface area contributed by atoms with E-state index in [-0.39, 0.29) is 4.90 Å². The minimum absolute atomic E-state index is 0.164. The van der Waals surface area contributed by atoms with E-state index in [1.54, 1.807) is 0 Å². The van der Waals surface area contributed by atoms with E-state index < -0.39 is 10.1 Å². The van der Waals surface area contributed by atoms with E-state index in [2.05, 4.69) is 0 Å². The number of rotatable bonds is 1. The van der Waals surface area contributed by atoms with E-state index in [0.717, 1.165) is 22.3 Å². The van der Waals surface area contributed by atoms with Gasteiger partial charge >= 0.3 is 0 Å². The molecule has 0 atom stereocenters. The van der Waals surface area contributed by atoms with Crippen molar-refractivity contribution in [3.8, 4) is 11.1 Å². The highest BCUT2D eigenvalue weighted by Crippen LogP contribution is 2.41. The van der Waals surface area contributed by atoms with E-state index in [9.17, 15) is 8.42 Å². The van der Waals surface area contributed by atoms with Crippen LogP contribution in [0.2, 0.25) is 5.02 Å². The lowest BCUT2D eigenvalue weighted by molar-refractivity contribution is 0.483. The van der Waals surface area contributed by atoms with Gasteiger partial charge in [0.05, 0.1) is 4.90 Å². The van der Waals surface area contributed by atoms with Gasteiger partial charge in [-0.25, -0.2) is 0 Å². The molecule has 0 radical (unpaired) electrons. The first-order valence-electron chi connectivity index (χ1n) is 5.35. The molecule has 1 aliphatic rings. The summed E-state index contributed by atoms with van der Waals surface area (Å²) in [5.74, 6) is 0. The van der Waals surface area contributed by atoms with Gasteiger partial charge in [0.15, 0.2) is 0 Å². The molecule has 0 aromatic heterocycles. The van der Waals surface area contributed by atoms with Crippen LogP contribution in [0.1, 0.15) is 11.1 Å². The minimum Gasteiger partial charge on any atom is -0.282 e. The van der Waals surface area contributed by atoms with Gasteiger partial charge in [-0.15, -0.1) is 0 Å². The molecule has 92 valence electrons. The van der Waals surface area contributed by atoms with Gasteiger partial charge < -0.3 is 0 Å². The molecule has 0 bridgehead atoms. The molecule has 3 rings (SSSR count). The summed E-state index contributed by atoms with van der Waals surface area (Å²) in [4.78, 5) is -0.164. The van der Waals surface area contributed by atoms with Gasteiger partial charge in [-0.2, -0.15) is 8.42 Å². The molecule has 1 N–H and O–H groups in total. The molecule has 0 amide bonds. The van der Waals surface area contributed by atoms with Crippen molar-refractivity contribution in [1.82, 2.24) is 0 Å². The monoisotopic (exact) mass is 280 g/mol. The lowest BCUT2D eigenvalue weighted by Gasteiger charge is -2.05. The largest absolute Gasteiger partial charge is 0.294 e. The smallest absolute Gasteiger partial charge is 0.282 e. The Balaban J connectivity index is 2.32. The maximum Gasteiger partial charge on any atom is 0.294 e. The van der Waals surface area contributed by atoms with Gasteiger partial charge in [0, 0.05) is 11.4 Å². The highest BCUT2D eigenvalue weighted by atomic mass is 35.5. The third kappa shape index (κ3) is 1.73. The Morgan fingerprint density at radius 3 is 2.56 bits per heavy atom. The summed E-state index contributed by atoms with van der Waals surface area (Å²) in [7, 11) is -4.23. The summed E-state index contributed by atoms with van der Waals surface area (Å²) in [6.07, 6.45) is 0.691. The zero-order valence-corrected chi connectivity index (χ0v) is 10.8. The molecule has 3 nitrogen and oxygen atoms in total. The highest BCUT2D eigenvalue weighted by molar-refractivity contribution is 7.85. The lowest BCUT2D eigenvalue weighted by atomic mass is 10.1. The van der Waals surface area contributed by atoms with Crippen molar-refractivity contribution in [3.05, 3.63) is 52.5 Å². The van der Waals surface area contributed by atoms with Crippen LogP contribution in [0.4, 0.5) is 0 Å². The summed E-state index contributed by atoms with van der Waals surface area (Å²) in [5, 5.41) is 0.372. The number of fused-ring (bicyclic) bond motifs is 3. The highest BCUT2D eigenvalue weighted by Gasteiger charge is 2.23. The molecule has 2 aromatic carbocycles. The summed E-state index contributed by atoms with van der Waals surface area (Å²) in [6, 6.07) is 10.5. The second kappa shape index (κ2) is 3.82. The third-order valence-corrected chi connectivity index (χ3v) is 4.31. The molecule has 0 heterocycles. The molecule has 0 spiro atoms. The van der Waals surface area contributed by atoms with Crippen molar-refractivity contribution in [2.24, 2.45) is 0 Å². The molecule has 0 saturated heterocycles. The third-order valence-electron chi connectivity index (χ3n) is 3.14. The standard InChI is InChI=1S/C13H9ClO3S/c14-13-7-9(18(15,16)17)6-11-10-4-2-1-3-8(10)5-12(11)13/h1-4,6-7H,5H2,(H,15,16,17). The fourth-order valence-corrected chi connectivity index (χ4v) is 3.19. The van der Waals surface area contributed by atoms with Crippen LogP contribution in [0.15, 0.2) is 41.3 Å². The average molecular weight is 281 g/mol. The Morgan fingerprint density at radius 1 is 1.11 bits per heavy atom. The lowest BCUT2D eigenvalue weighted by Crippen LogP contribution is -1.99. The van der Waals surface area contributed by atoms with E-state index in [0.29, 0.717) is 11.4 Å².